The number of ether oxygens (including phenoxy) is 6. The number of hydrogen-bond acceptors (Lipinski definition) is 9. The van der Waals surface area contributed by atoms with Crippen LogP contribution in [0.15, 0.2) is 60.7 Å². The van der Waals surface area contributed by atoms with E-state index in [1.54, 1.807) is 28.4 Å². The lowest BCUT2D eigenvalue weighted by Gasteiger charge is -2.51. The van der Waals surface area contributed by atoms with Crippen LogP contribution >= 0.6 is 0 Å². The highest BCUT2D eigenvalue weighted by molar-refractivity contribution is 5.70. The topological polar surface area (TPSA) is 98.8 Å². The number of benzene rings is 4. The van der Waals surface area contributed by atoms with Gasteiger partial charge in [0.05, 0.1) is 48.0 Å². The molecule has 4 atom stereocenters. The van der Waals surface area contributed by atoms with Crippen molar-refractivity contribution in [3.05, 3.63) is 94.0 Å². The number of rotatable bonds is 15. The Morgan fingerprint density at radius 2 is 1.43 bits per heavy atom. The second-order valence-corrected chi connectivity index (χ2v) is 17.1. The van der Waals surface area contributed by atoms with Gasteiger partial charge in [0.15, 0.2) is 34.5 Å². The Balaban J connectivity index is 1.37. The number of carboxylic acid groups (broad SMARTS) is 1. The van der Waals surface area contributed by atoms with Crippen molar-refractivity contribution in [2.75, 3.05) is 55.6 Å². The smallest absolute Gasteiger partial charge is 0.204 e. The largest absolute Gasteiger partial charge is 0.544 e. The Kier molecular flexibility index (Phi) is 13.8. The minimum absolute atomic E-state index is 0.0838. The molecule has 4 aliphatic heterocycles. The molecule has 0 saturated heterocycles. The third kappa shape index (κ3) is 8.91. The monoisotopic (exact) mass is 820 g/mol. The van der Waals surface area contributed by atoms with E-state index in [1.165, 1.54) is 32.1 Å². The zero-order chi connectivity index (χ0) is 42.4. The maximum absolute atomic E-state index is 13.3. The first kappa shape index (κ1) is 43.2. The number of nitrogens with zero attached hydrogens (tertiary/aromatic N) is 2. The molecule has 6 bridgehead atoms. The zero-order valence-corrected chi connectivity index (χ0v) is 36.8. The third-order valence-corrected chi connectivity index (χ3v) is 13.5. The molecule has 4 heterocycles. The summed E-state index contributed by atoms with van der Waals surface area (Å²) in [7, 11) is 10.9. The number of carbonyl (C=O) groups excluding carboxylic acids is 1. The van der Waals surface area contributed by atoms with Gasteiger partial charge in [0, 0.05) is 43.0 Å². The van der Waals surface area contributed by atoms with Crippen LogP contribution in [0.1, 0.15) is 110 Å². The van der Waals surface area contributed by atoms with Crippen molar-refractivity contribution in [3.8, 4) is 46.0 Å². The number of unbranched alkanes of at least 4 members (excludes halogenated alkanes) is 7. The molecule has 0 saturated carbocycles. The summed E-state index contributed by atoms with van der Waals surface area (Å²) in [6.45, 7) is 3.73. The number of carbonyl (C=O) groups is 1. The lowest BCUT2D eigenvalue weighted by molar-refractivity contribution is -0.958. The highest BCUT2D eigenvalue weighted by atomic mass is 16.5. The molecule has 322 valence electrons. The summed E-state index contributed by atoms with van der Waals surface area (Å²) in [4.78, 5) is 15.7. The van der Waals surface area contributed by atoms with Crippen LogP contribution in [0.4, 0.5) is 0 Å². The Bertz CT molecular complexity index is 2120. The number of aliphatic carboxylic acids is 1. The minimum Gasteiger partial charge on any atom is -0.544 e. The number of hydrogen-bond donors (Lipinski definition) is 0. The molecular weight excluding hydrogens is 757 g/mol. The molecule has 0 spiro atoms. The second-order valence-electron chi connectivity index (χ2n) is 17.1. The molecule has 10 heteroatoms. The molecule has 0 aliphatic carbocycles. The minimum atomic E-state index is -0.990. The van der Waals surface area contributed by atoms with Crippen LogP contribution < -0.4 is 33.5 Å². The maximum atomic E-state index is 13.3. The van der Waals surface area contributed by atoms with Crippen LogP contribution in [0.5, 0.6) is 46.0 Å². The van der Waals surface area contributed by atoms with Gasteiger partial charge in [0.2, 0.25) is 5.75 Å². The fourth-order valence-corrected chi connectivity index (χ4v) is 9.97. The molecule has 0 N–H and O–H groups in total. The van der Waals surface area contributed by atoms with E-state index in [9.17, 15) is 9.90 Å². The molecule has 4 aromatic carbocycles. The number of carboxylic acids is 1. The molecule has 0 amide bonds. The van der Waals surface area contributed by atoms with Crippen LogP contribution in [-0.4, -0.2) is 77.0 Å². The van der Waals surface area contributed by atoms with Gasteiger partial charge in [-0.15, -0.1) is 0 Å². The average molecular weight is 821 g/mol. The van der Waals surface area contributed by atoms with Crippen molar-refractivity contribution >= 4 is 5.97 Å². The molecule has 4 unspecified atom stereocenters. The van der Waals surface area contributed by atoms with Crippen LogP contribution in [0.25, 0.3) is 0 Å². The lowest BCUT2D eigenvalue weighted by atomic mass is 9.84. The number of fused-ring (bicyclic) bond motifs is 2. The summed E-state index contributed by atoms with van der Waals surface area (Å²) in [6, 6.07) is 19.6. The van der Waals surface area contributed by atoms with Crippen LogP contribution in [-0.2, 0) is 30.5 Å². The fourth-order valence-electron chi connectivity index (χ4n) is 9.97. The standard InChI is InChI=1S/C50H64N2O8/c1-8-9-10-11-12-13-14-15-16-40(50(53)54)52(3)26-24-35-30-43(56-5)45-32-38(35)41(52)28-33-17-20-37(21-18-33)59-44-29-34(19-22-42(44)55-4)27-39-47-36(23-25-51(39)2)31-46(57-6)48(58-7)49(47)60-45/h17-22,29-32,39-41H,8-16,23-28H2,1-7H3. The zero-order valence-electron chi connectivity index (χ0n) is 36.8. The molecule has 0 radical (unpaired) electrons. The predicted octanol–water partition coefficient (Wildman–Crippen LogP) is 9.33. The first-order valence-corrected chi connectivity index (χ1v) is 22.0. The average Bonchev–Trinajstić information content (AvgIpc) is 3.25. The summed E-state index contributed by atoms with van der Waals surface area (Å²) in [5.41, 5.74) is 6.47. The van der Waals surface area contributed by atoms with E-state index in [-0.39, 0.29) is 12.1 Å². The van der Waals surface area contributed by atoms with E-state index >= 15 is 0 Å². The number of quaternary nitrogens is 1. The Labute approximate surface area is 356 Å². The van der Waals surface area contributed by atoms with E-state index in [2.05, 4.69) is 68.4 Å². The van der Waals surface area contributed by atoms with Crippen LogP contribution in [0.3, 0.4) is 0 Å². The summed E-state index contributed by atoms with van der Waals surface area (Å²) in [6.07, 6.45) is 12.5. The Morgan fingerprint density at radius 3 is 2.12 bits per heavy atom. The molecule has 0 fully saturated rings. The van der Waals surface area contributed by atoms with Crippen molar-refractivity contribution < 1.29 is 42.8 Å². The van der Waals surface area contributed by atoms with E-state index < -0.39 is 12.0 Å². The van der Waals surface area contributed by atoms with Crippen molar-refractivity contribution in [1.82, 2.24) is 4.90 Å². The molecule has 0 aromatic heterocycles. The van der Waals surface area contributed by atoms with Gasteiger partial charge in [-0.25, -0.2) is 0 Å². The number of likely N-dealkylation sites (N-methyl/N-ethyl adjacent to an activating group) is 2. The summed E-state index contributed by atoms with van der Waals surface area (Å²) in [5, 5.41) is 13.3. The first-order valence-electron chi connectivity index (χ1n) is 22.0. The first-order chi connectivity index (χ1) is 29.1. The number of methoxy groups -OCH3 is 4. The van der Waals surface area contributed by atoms with Gasteiger partial charge in [-0.3, -0.25) is 4.90 Å². The van der Waals surface area contributed by atoms with Gasteiger partial charge < -0.3 is 42.8 Å². The van der Waals surface area contributed by atoms with Crippen molar-refractivity contribution in [2.24, 2.45) is 0 Å². The van der Waals surface area contributed by atoms with Gasteiger partial charge in [-0.05, 0) is 91.0 Å². The summed E-state index contributed by atoms with van der Waals surface area (Å²) in [5.74, 6) is 3.80. The van der Waals surface area contributed by atoms with Gasteiger partial charge in [-0.2, -0.15) is 0 Å². The van der Waals surface area contributed by atoms with E-state index in [0.29, 0.717) is 82.7 Å². The van der Waals surface area contributed by atoms with Crippen molar-refractivity contribution in [1.29, 1.82) is 0 Å². The maximum Gasteiger partial charge on any atom is 0.204 e. The van der Waals surface area contributed by atoms with Crippen molar-refractivity contribution in [3.63, 3.8) is 0 Å². The normalized spacial score (nSPS) is 20.1. The third-order valence-electron chi connectivity index (χ3n) is 13.5. The summed E-state index contributed by atoms with van der Waals surface area (Å²) < 4.78 is 38.0. The predicted molar refractivity (Wildman–Crippen MR) is 232 cm³/mol. The Hall–Kier alpha value is -4.93. The van der Waals surface area contributed by atoms with E-state index in [4.69, 9.17) is 28.4 Å². The fraction of sp³-hybridized carbons (Fsp3) is 0.500. The quantitative estimate of drug-likeness (QED) is 0.0859. The van der Waals surface area contributed by atoms with Gasteiger partial charge in [-0.1, -0.05) is 70.1 Å². The van der Waals surface area contributed by atoms with Crippen molar-refractivity contribution in [2.45, 2.75) is 109 Å². The molecule has 60 heavy (non-hydrogen) atoms. The highest BCUT2D eigenvalue weighted by Crippen LogP contribution is 2.52. The Morgan fingerprint density at radius 1 is 0.767 bits per heavy atom. The molecular formula is C50H64N2O8. The van der Waals surface area contributed by atoms with Gasteiger partial charge in [0.25, 0.3) is 0 Å². The molecule has 10 nitrogen and oxygen atoms in total. The summed E-state index contributed by atoms with van der Waals surface area (Å²) >= 11 is 0. The molecule has 4 aromatic rings. The van der Waals surface area contributed by atoms with Crippen LogP contribution in [0, 0.1) is 0 Å². The molecule has 4 aliphatic rings. The van der Waals surface area contributed by atoms with Gasteiger partial charge >= 0.3 is 0 Å². The SMILES string of the molecule is CCCCCCCCCCC(C(=O)[O-])[N+]1(C)CCc2cc(OC)c3cc2C1Cc1ccc(cc1)Oc1cc(ccc1OC)CC1c2c(cc(OC)c(OC)c2O3)CCN1C. The second kappa shape index (κ2) is 19.2. The van der Waals surface area contributed by atoms with E-state index in [1.807, 2.05) is 18.2 Å². The van der Waals surface area contributed by atoms with Gasteiger partial charge in [0.1, 0.15) is 17.8 Å². The lowest BCUT2D eigenvalue weighted by Crippen LogP contribution is -2.63. The molecule has 8 rings (SSSR count). The van der Waals surface area contributed by atoms with Crippen LogP contribution in [0.2, 0.25) is 0 Å². The highest BCUT2D eigenvalue weighted by Gasteiger charge is 2.46. The van der Waals surface area contributed by atoms with E-state index in [0.717, 1.165) is 65.6 Å².